The van der Waals surface area contributed by atoms with E-state index in [-0.39, 0.29) is 0 Å². The molecule has 0 bridgehead atoms. The zero-order valence-electron chi connectivity index (χ0n) is 13.3. The molecule has 19 heavy (non-hydrogen) atoms. The second-order valence-corrected chi connectivity index (χ2v) is 7.73. The van der Waals surface area contributed by atoms with Crippen molar-refractivity contribution in [3.05, 3.63) is 11.6 Å². The van der Waals surface area contributed by atoms with Crippen LogP contribution in [0, 0.1) is 17.3 Å². The highest BCUT2D eigenvalue weighted by Crippen LogP contribution is 2.41. The summed E-state index contributed by atoms with van der Waals surface area (Å²) in [5.41, 5.74) is 8.04. The van der Waals surface area contributed by atoms with Crippen LogP contribution in [0.3, 0.4) is 0 Å². The average molecular weight is 264 g/mol. The van der Waals surface area contributed by atoms with E-state index in [1.807, 2.05) is 0 Å². The lowest BCUT2D eigenvalue weighted by molar-refractivity contribution is 0.0495. The van der Waals surface area contributed by atoms with Gasteiger partial charge in [-0.3, -0.25) is 4.90 Å². The molecule has 1 saturated carbocycles. The maximum Gasteiger partial charge on any atom is 0.0168 e. The Hall–Kier alpha value is -0.340. The third-order valence-electron chi connectivity index (χ3n) is 5.42. The van der Waals surface area contributed by atoms with Gasteiger partial charge in [-0.25, -0.2) is 0 Å². The lowest BCUT2D eigenvalue weighted by Crippen LogP contribution is -2.49. The molecule has 0 aromatic heterocycles. The summed E-state index contributed by atoms with van der Waals surface area (Å²) < 4.78 is 0. The van der Waals surface area contributed by atoms with Gasteiger partial charge in [0.1, 0.15) is 0 Å². The van der Waals surface area contributed by atoms with Gasteiger partial charge in [-0.05, 0) is 56.4 Å². The van der Waals surface area contributed by atoms with Crippen LogP contribution in [0.4, 0.5) is 0 Å². The van der Waals surface area contributed by atoms with Crippen LogP contribution in [-0.4, -0.2) is 30.6 Å². The Morgan fingerprint density at radius 1 is 1.32 bits per heavy atom. The minimum atomic E-state index is 0.444. The Morgan fingerprint density at radius 2 is 2.05 bits per heavy atom. The molecule has 0 radical (unpaired) electrons. The SMILES string of the molecule is CC1=CCN(C2CC(C(C)(C)C)CCC2CN)CC1. The van der Waals surface area contributed by atoms with Crippen LogP contribution in [0.25, 0.3) is 0 Å². The quantitative estimate of drug-likeness (QED) is 0.774. The van der Waals surface area contributed by atoms with Gasteiger partial charge >= 0.3 is 0 Å². The number of rotatable bonds is 2. The second kappa shape index (κ2) is 5.97. The molecule has 0 saturated heterocycles. The lowest BCUT2D eigenvalue weighted by Gasteiger charge is -2.46. The number of hydrogen-bond acceptors (Lipinski definition) is 2. The smallest absolute Gasteiger partial charge is 0.0168 e. The molecule has 2 heteroatoms. The summed E-state index contributed by atoms with van der Waals surface area (Å²) in [6.07, 6.45) is 7.69. The van der Waals surface area contributed by atoms with Gasteiger partial charge in [-0.1, -0.05) is 32.4 Å². The summed E-state index contributed by atoms with van der Waals surface area (Å²) >= 11 is 0. The molecule has 2 aliphatic rings. The molecule has 1 aliphatic heterocycles. The summed E-state index contributed by atoms with van der Waals surface area (Å²) in [7, 11) is 0. The maximum atomic E-state index is 6.04. The number of nitrogens with two attached hydrogens (primary N) is 1. The highest BCUT2D eigenvalue weighted by Gasteiger charge is 2.37. The van der Waals surface area contributed by atoms with E-state index in [2.05, 4.69) is 38.7 Å². The normalized spacial score (nSPS) is 34.2. The lowest BCUT2D eigenvalue weighted by atomic mass is 9.67. The molecule has 2 N–H and O–H groups in total. The van der Waals surface area contributed by atoms with Crippen LogP contribution in [0.2, 0.25) is 0 Å². The summed E-state index contributed by atoms with van der Waals surface area (Å²) in [4.78, 5) is 2.70. The first-order valence-corrected chi connectivity index (χ1v) is 8.01. The zero-order valence-corrected chi connectivity index (χ0v) is 13.3. The second-order valence-electron chi connectivity index (χ2n) is 7.73. The Labute approximate surface area is 119 Å². The van der Waals surface area contributed by atoms with Crippen molar-refractivity contribution in [2.24, 2.45) is 23.0 Å². The number of hydrogen-bond donors (Lipinski definition) is 1. The molecule has 1 heterocycles. The van der Waals surface area contributed by atoms with Gasteiger partial charge in [0.05, 0.1) is 0 Å². The zero-order chi connectivity index (χ0) is 14.0. The van der Waals surface area contributed by atoms with Crippen molar-refractivity contribution in [1.82, 2.24) is 4.90 Å². The van der Waals surface area contributed by atoms with Crippen molar-refractivity contribution in [3.63, 3.8) is 0 Å². The summed E-state index contributed by atoms with van der Waals surface area (Å²) in [5, 5.41) is 0. The van der Waals surface area contributed by atoms with Crippen molar-refractivity contribution < 1.29 is 0 Å². The molecule has 110 valence electrons. The van der Waals surface area contributed by atoms with Crippen molar-refractivity contribution in [1.29, 1.82) is 0 Å². The van der Waals surface area contributed by atoms with Crippen LogP contribution < -0.4 is 5.73 Å². The van der Waals surface area contributed by atoms with E-state index in [4.69, 9.17) is 5.73 Å². The fourth-order valence-corrected chi connectivity index (χ4v) is 3.81. The molecule has 3 unspecified atom stereocenters. The van der Waals surface area contributed by atoms with Crippen molar-refractivity contribution in [3.8, 4) is 0 Å². The predicted octanol–water partition coefficient (Wildman–Crippen LogP) is 3.43. The van der Waals surface area contributed by atoms with Crippen LogP contribution in [0.5, 0.6) is 0 Å². The molecule has 2 rings (SSSR count). The Morgan fingerprint density at radius 3 is 2.58 bits per heavy atom. The van der Waals surface area contributed by atoms with Gasteiger partial charge in [0.25, 0.3) is 0 Å². The standard InChI is InChI=1S/C17H32N2/c1-13-7-9-19(10-8-13)16-11-15(17(2,3)4)6-5-14(16)12-18/h7,14-16H,5-6,8-12,18H2,1-4H3. The molecular weight excluding hydrogens is 232 g/mol. The Kier molecular flexibility index (Phi) is 4.73. The molecule has 1 fully saturated rings. The average Bonchev–Trinajstić information content (AvgIpc) is 2.38. The van der Waals surface area contributed by atoms with E-state index in [0.29, 0.717) is 17.4 Å². The first kappa shape index (κ1) is 15.1. The van der Waals surface area contributed by atoms with Gasteiger partial charge < -0.3 is 5.73 Å². The van der Waals surface area contributed by atoms with E-state index in [9.17, 15) is 0 Å². The molecule has 0 amide bonds. The highest BCUT2D eigenvalue weighted by atomic mass is 15.2. The molecule has 0 aromatic carbocycles. The molecule has 0 aromatic rings. The molecular formula is C17H32N2. The van der Waals surface area contributed by atoms with Crippen molar-refractivity contribution >= 4 is 0 Å². The largest absolute Gasteiger partial charge is 0.330 e. The fourth-order valence-electron chi connectivity index (χ4n) is 3.81. The van der Waals surface area contributed by atoms with Crippen molar-refractivity contribution in [2.75, 3.05) is 19.6 Å². The topological polar surface area (TPSA) is 29.3 Å². The summed E-state index contributed by atoms with van der Waals surface area (Å²) in [5.74, 6) is 1.57. The third-order valence-corrected chi connectivity index (χ3v) is 5.42. The predicted molar refractivity (Wildman–Crippen MR) is 83.1 cm³/mol. The van der Waals surface area contributed by atoms with Gasteiger partial charge in [0.2, 0.25) is 0 Å². The summed E-state index contributed by atoms with van der Waals surface area (Å²) in [6.45, 7) is 12.7. The molecule has 0 spiro atoms. The van der Waals surface area contributed by atoms with Gasteiger partial charge in [0, 0.05) is 19.1 Å². The molecule has 2 nitrogen and oxygen atoms in total. The minimum Gasteiger partial charge on any atom is -0.330 e. The van der Waals surface area contributed by atoms with Gasteiger partial charge in [-0.15, -0.1) is 0 Å². The first-order valence-electron chi connectivity index (χ1n) is 8.01. The Bertz CT molecular complexity index is 327. The van der Waals surface area contributed by atoms with E-state index in [0.717, 1.165) is 19.0 Å². The highest BCUT2D eigenvalue weighted by molar-refractivity contribution is 5.06. The molecule has 1 aliphatic carbocycles. The maximum absolute atomic E-state index is 6.04. The third kappa shape index (κ3) is 3.61. The minimum absolute atomic E-state index is 0.444. The van der Waals surface area contributed by atoms with E-state index < -0.39 is 0 Å². The Balaban J connectivity index is 2.06. The van der Waals surface area contributed by atoms with Crippen LogP contribution >= 0.6 is 0 Å². The summed E-state index contributed by atoms with van der Waals surface area (Å²) in [6, 6.07) is 0.715. The van der Waals surface area contributed by atoms with Crippen molar-refractivity contribution in [2.45, 2.75) is 59.4 Å². The van der Waals surface area contributed by atoms with Crippen LogP contribution in [-0.2, 0) is 0 Å². The van der Waals surface area contributed by atoms with E-state index >= 15 is 0 Å². The van der Waals surface area contributed by atoms with E-state index in [1.54, 1.807) is 5.57 Å². The van der Waals surface area contributed by atoms with E-state index in [1.165, 1.54) is 32.2 Å². The fraction of sp³-hybridized carbons (Fsp3) is 0.882. The van der Waals surface area contributed by atoms with Crippen LogP contribution in [0.15, 0.2) is 11.6 Å². The van der Waals surface area contributed by atoms with Gasteiger partial charge in [0.15, 0.2) is 0 Å². The monoisotopic (exact) mass is 264 g/mol. The first-order chi connectivity index (χ1) is 8.91. The van der Waals surface area contributed by atoms with Gasteiger partial charge in [-0.2, -0.15) is 0 Å². The molecule has 3 atom stereocenters. The number of nitrogens with zero attached hydrogens (tertiary/aromatic N) is 1. The van der Waals surface area contributed by atoms with Crippen LogP contribution in [0.1, 0.15) is 53.4 Å².